The first-order chi connectivity index (χ1) is 5.41. The summed E-state index contributed by atoms with van der Waals surface area (Å²) in [6.45, 7) is 1.99. The first-order valence-electron chi connectivity index (χ1n) is 4.63. The van der Waals surface area contributed by atoms with Gasteiger partial charge in [-0.25, -0.2) is 0 Å². The van der Waals surface area contributed by atoms with Gasteiger partial charge in [0.1, 0.15) is 0 Å². The summed E-state index contributed by atoms with van der Waals surface area (Å²) in [5.74, 6) is 1.22. The van der Waals surface area contributed by atoms with Crippen LogP contribution in [0.15, 0.2) is 0 Å². The molecule has 0 unspecified atom stereocenters. The van der Waals surface area contributed by atoms with Gasteiger partial charge in [0.15, 0.2) is 0 Å². The quantitative estimate of drug-likeness (QED) is 0.555. The normalized spacial score (nSPS) is 30.5. The van der Waals surface area contributed by atoms with Crippen LogP contribution in [0, 0.1) is 0 Å². The summed E-state index contributed by atoms with van der Waals surface area (Å²) < 4.78 is 6.11. The number of thioether (sulfide) groups is 1. The van der Waals surface area contributed by atoms with Crippen molar-refractivity contribution >= 4 is 11.8 Å². The van der Waals surface area contributed by atoms with Crippen LogP contribution in [0.1, 0.15) is 32.1 Å². The molecule has 1 spiro atoms. The zero-order valence-corrected chi connectivity index (χ0v) is 7.79. The van der Waals surface area contributed by atoms with Crippen LogP contribution in [0.2, 0.25) is 0 Å². The summed E-state index contributed by atoms with van der Waals surface area (Å²) in [5, 5.41) is 0. The van der Waals surface area contributed by atoms with Crippen LogP contribution in [0.25, 0.3) is 0 Å². The van der Waals surface area contributed by atoms with Gasteiger partial charge >= 0.3 is 0 Å². The lowest BCUT2D eigenvalue weighted by Gasteiger charge is -2.25. The van der Waals surface area contributed by atoms with E-state index in [0.717, 1.165) is 13.2 Å². The third-order valence-corrected chi connectivity index (χ3v) is 4.45. The van der Waals surface area contributed by atoms with Gasteiger partial charge in [0.2, 0.25) is 0 Å². The highest BCUT2D eigenvalue weighted by atomic mass is 32.2. The third-order valence-electron chi connectivity index (χ3n) is 2.85. The molecule has 0 amide bonds. The number of hydrogen-bond donors (Lipinski definition) is 0. The number of rotatable bonds is 0. The Hall–Kier alpha value is 0.310. The molecule has 1 aliphatic heterocycles. The molecule has 2 fully saturated rings. The Bertz CT molecular complexity index is 120. The summed E-state index contributed by atoms with van der Waals surface area (Å²) in [6.07, 6.45) is 7.10. The van der Waals surface area contributed by atoms with Crippen LogP contribution in [0.5, 0.6) is 0 Å². The molecule has 0 bridgehead atoms. The molecular weight excluding hydrogens is 156 g/mol. The predicted octanol–water partition coefficient (Wildman–Crippen LogP) is 2.45. The van der Waals surface area contributed by atoms with E-state index in [4.69, 9.17) is 4.74 Å². The molecule has 1 nitrogen and oxygen atoms in total. The highest BCUT2D eigenvalue weighted by Gasteiger charge is 2.34. The van der Waals surface area contributed by atoms with Crippen molar-refractivity contribution in [1.29, 1.82) is 0 Å². The molecule has 1 heterocycles. The Morgan fingerprint density at radius 3 is 2.64 bits per heavy atom. The Balaban J connectivity index is 1.97. The van der Waals surface area contributed by atoms with Gasteiger partial charge in [-0.05, 0) is 19.3 Å². The fourth-order valence-electron chi connectivity index (χ4n) is 2.16. The maximum absolute atomic E-state index is 5.46. The van der Waals surface area contributed by atoms with E-state index in [1.807, 2.05) is 0 Å². The Morgan fingerprint density at radius 1 is 1.00 bits per heavy atom. The zero-order chi connectivity index (χ0) is 7.57. The molecule has 1 aliphatic carbocycles. The topological polar surface area (TPSA) is 9.23 Å². The first kappa shape index (κ1) is 7.93. The molecule has 0 aromatic carbocycles. The predicted molar refractivity (Wildman–Crippen MR) is 49.1 cm³/mol. The van der Waals surface area contributed by atoms with Crippen LogP contribution >= 0.6 is 11.8 Å². The van der Waals surface area contributed by atoms with Crippen molar-refractivity contribution < 1.29 is 4.74 Å². The van der Waals surface area contributed by atoms with Gasteiger partial charge < -0.3 is 4.74 Å². The van der Waals surface area contributed by atoms with Crippen LogP contribution in [-0.2, 0) is 4.74 Å². The fraction of sp³-hybridized carbons (Fsp3) is 1.00. The van der Waals surface area contributed by atoms with Crippen molar-refractivity contribution in [3.63, 3.8) is 0 Å². The molecule has 2 aliphatic rings. The third kappa shape index (κ3) is 1.73. The monoisotopic (exact) mass is 172 g/mol. The minimum absolute atomic E-state index is 0.649. The Morgan fingerprint density at radius 2 is 1.82 bits per heavy atom. The lowest BCUT2D eigenvalue weighted by atomic mass is 10.0. The van der Waals surface area contributed by atoms with E-state index in [1.54, 1.807) is 0 Å². The summed E-state index contributed by atoms with van der Waals surface area (Å²) >= 11 is 2.17. The lowest BCUT2D eigenvalue weighted by Crippen LogP contribution is -2.20. The molecule has 0 N–H and O–H groups in total. The van der Waals surface area contributed by atoms with E-state index >= 15 is 0 Å². The van der Waals surface area contributed by atoms with Crippen LogP contribution < -0.4 is 0 Å². The van der Waals surface area contributed by atoms with Gasteiger partial charge in [-0.3, -0.25) is 0 Å². The van der Waals surface area contributed by atoms with Crippen molar-refractivity contribution in [3.05, 3.63) is 0 Å². The van der Waals surface area contributed by atoms with Gasteiger partial charge in [0.05, 0.1) is 6.61 Å². The van der Waals surface area contributed by atoms with Gasteiger partial charge in [-0.2, -0.15) is 11.8 Å². The number of hydrogen-bond acceptors (Lipinski definition) is 2. The van der Waals surface area contributed by atoms with E-state index in [2.05, 4.69) is 11.8 Å². The molecule has 1 saturated heterocycles. The summed E-state index contributed by atoms with van der Waals surface area (Å²) in [5.41, 5.74) is 0. The average molecular weight is 172 g/mol. The van der Waals surface area contributed by atoms with Crippen molar-refractivity contribution in [2.45, 2.75) is 36.9 Å². The maximum Gasteiger partial charge on any atom is 0.0556 e. The molecule has 11 heavy (non-hydrogen) atoms. The van der Waals surface area contributed by atoms with E-state index in [0.29, 0.717) is 4.75 Å². The second-order valence-corrected chi connectivity index (χ2v) is 5.16. The molecule has 0 aromatic rings. The minimum atomic E-state index is 0.649. The average Bonchev–Trinajstić information content (AvgIpc) is 2.32. The van der Waals surface area contributed by atoms with Crippen molar-refractivity contribution in [2.24, 2.45) is 0 Å². The van der Waals surface area contributed by atoms with Gasteiger partial charge in [-0.15, -0.1) is 0 Å². The van der Waals surface area contributed by atoms with E-state index in [-0.39, 0.29) is 0 Å². The van der Waals surface area contributed by atoms with Crippen LogP contribution in [0.3, 0.4) is 0 Å². The largest absolute Gasteiger partial charge is 0.381 e. The second kappa shape index (κ2) is 3.36. The smallest absolute Gasteiger partial charge is 0.0556 e. The highest BCUT2D eigenvalue weighted by molar-refractivity contribution is 8.00. The lowest BCUT2D eigenvalue weighted by molar-refractivity contribution is 0.145. The summed E-state index contributed by atoms with van der Waals surface area (Å²) in [4.78, 5) is 0. The van der Waals surface area contributed by atoms with Crippen LogP contribution in [-0.4, -0.2) is 23.7 Å². The summed E-state index contributed by atoms with van der Waals surface area (Å²) in [7, 11) is 0. The molecule has 1 saturated carbocycles. The van der Waals surface area contributed by atoms with Crippen molar-refractivity contribution in [2.75, 3.05) is 19.0 Å². The van der Waals surface area contributed by atoms with Gasteiger partial charge in [-0.1, -0.05) is 12.8 Å². The number of ether oxygens (including phenoxy) is 1. The first-order valence-corrected chi connectivity index (χ1v) is 5.62. The molecule has 2 heteroatoms. The standard InChI is InChI=1S/C9H16OS/c1-2-4-9(3-1)5-6-10-7-8-11-9/h1-8H2. The van der Waals surface area contributed by atoms with Crippen molar-refractivity contribution in [3.8, 4) is 0 Å². The fourth-order valence-corrected chi connectivity index (χ4v) is 3.60. The van der Waals surface area contributed by atoms with E-state index in [1.165, 1.54) is 37.9 Å². The van der Waals surface area contributed by atoms with Crippen LogP contribution in [0.4, 0.5) is 0 Å². The SMILES string of the molecule is C1CCC2(C1)CCOCCS2. The maximum atomic E-state index is 5.46. The van der Waals surface area contributed by atoms with Crippen molar-refractivity contribution in [1.82, 2.24) is 0 Å². The second-order valence-electron chi connectivity index (χ2n) is 3.60. The Labute approximate surface area is 72.9 Å². The molecule has 2 rings (SSSR count). The minimum Gasteiger partial charge on any atom is -0.381 e. The zero-order valence-electron chi connectivity index (χ0n) is 6.97. The van der Waals surface area contributed by atoms with E-state index in [9.17, 15) is 0 Å². The molecular formula is C9H16OS. The Kier molecular flexibility index (Phi) is 2.42. The van der Waals surface area contributed by atoms with E-state index < -0.39 is 0 Å². The molecule has 0 radical (unpaired) electrons. The summed E-state index contributed by atoms with van der Waals surface area (Å²) in [6, 6.07) is 0. The molecule has 0 aromatic heterocycles. The van der Waals surface area contributed by atoms with Gasteiger partial charge in [0, 0.05) is 17.1 Å². The molecule has 64 valence electrons. The van der Waals surface area contributed by atoms with Gasteiger partial charge in [0.25, 0.3) is 0 Å². The molecule has 0 atom stereocenters. The highest BCUT2D eigenvalue weighted by Crippen LogP contribution is 2.44.